The molecule has 1 atom stereocenters. The molecule has 2 aromatic heterocycles. The third kappa shape index (κ3) is 7.93. The molecule has 7 aromatic carbocycles. The van der Waals surface area contributed by atoms with Gasteiger partial charge in [0.2, 0.25) is 0 Å². The largest absolute Gasteiger partial charge is 0.209 e. The molecule has 0 saturated heterocycles. The summed E-state index contributed by atoms with van der Waals surface area (Å²) in [5.74, 6) is 4.02. The molecule has 0 bridgehead atoms. The third-order valence-electron chi connectivity index (χ3n) is 13.2. The van der Waals surface area contributed by atoms with Crippen LogP contribution in [0, 0.1) is 5.41 Å². The number of allylic oxidation sites excluding steroid dienone is 12. The summed E-state index contributed by atoms with van der Waals surface area (Å²) in [7, 11) is 0. The summed E-state index contributed by atoms with van der Waals surface area (Å²) in [6.45, 7) is 2.32. The zero-order chi connectivity index (χ0) is 44.7. The van der Waals surface area contributed by atoms with Gasteiger partial charge in [-0.2, -0.15) is 0 Å². The van der Waals surface area contributed by atoms with Crippen LogP contribution in [-0.4, -0.2) is 29.9 Å². The highest BCUT2D eigenvalue weighted by Crippen LogP contribution is 2.45. The quantitative estimate of drug-likeness (QED) is 0.151. The van der Waals surface area contributed by atoms with Gasteiger partial charge in [0.15, 0.2) is 34.9 Å². The van der Waals surface area contributed by atoms with E-state index < -0.39 is 0 Å². The molecule has 1 unspecified atom stereocenters. The van der Waals surface area contributed by atoms with Crippen molar-refractivity contribution in [2.45, 2.75) is 26.2 Å². The summed E-state index contributed by atoms with van der Waals surface area (Å²) in [5, 5.41) is 4.68. The van der Waals surface area contributed by atoms with Gasteiger partial charge in [-0.05, 0) is 86.4 Å². The molecule has 6 nitrogen and oxygen atoms in total. The first-order chi connectivity index (χ1) is 33.0. The van der Waals surface area contributed by atoms with E-state index in [2.05, 4.69) is 189 Å². The molecular weight excluding hydrogens is 817 g/mol. The summed E-state index contributed by atoms with van der Waals surface area (Å²) in [5.41, 5.74) is 11.8. The van der Waals surface area contributed by atoms with E-state index in [0.717, 1.165) is 80.4 Å². The molecule has 6 heteroatoms. The van der Waals surface area contributed by atoms with Crippen LogP contribution in [-0.2, 0) is 0 Å². The van der Waals surface area contributed by atoms with Crippen LogP contribution in [0.5, 0.6) is 0 Å². The smallest absolute Gasteiger partial charge is 0.164 e. The Balaban J connectivity index is 0.830. The highest BCUT2D eigenvalue weighted by Gasteiger charge is 2.30. The Morgan fingerprint density at radius 2 is 0.881 bits per heavy atom. The Morgan fingerprint density at radius 1 is 0.418 bits per heavy atom. The fourth-order valence-electron chi connectivity index (χ4n) is 9.27. The van der Waals surface area contributed by atoms with E-state index in [9.17, 15) is 0 Å². The maximum atomic E-state index is 5.06. The van der Waals surface area contributed by atoms with Gasteiger partial charge in [-0.1, -0.05) is 207 Å². The van der Waals surface area contributed by atoms with E-state index in [1.54, 1.807) is 0 Å². The average Bonchev–Trinajstić information content (AvgIpc) is 3.40. The molecule has 3 aliphatic carbocycles. The number of fused-ring (bicyclic) bond motifs is 3. The van der Waals surface area contributed by atoms with Crippen LogP contribution < -0.4 is 0 Å². The van der Waals surface area contributed by atoms with Crippen LogP contribution in [0.4, 0.5) is 0 Å². The minimum absolute atomic E-state index is 0.0891. The van der Waals surface area contributed by atoms with Crippen molar-refractivity contribution in [1.82, 2.24) is 29.9 Å². The monoisotopic (exact) mass is 860 g/mol. The van der Waals surface area contributed by atoms with Crippen LogP contribution in [0.2, 0.25) is 0 Å². The predicted octanol–water partition coefficient (Wildman–Crippen LogP) is 14.8. The summed E-state index contributed by atoms with van der Waals surface area (Å²) in [6.07, 6.45) is 20.9. The van der Waals surface area contributed by atoms with E-state index in [1.807, 2.05) is 30.3 Å². The van der Waals surface area contributed by atoms with Gasteiger partial charge in [-0.3, -0.25) is 0 Å². The van der Waals surface area contributed by atoms with Crippen molar-refractivity contribution in [3.8, 4) is 56.9 Å². The number of aromatic nitrogens is 6. The van der Waals surface area contributed by atoms with Crippen molar-refractivity contribution < 1.29 is 0 Å². The molecule has 2 heterocycles. The molecule has 0 aliphatic heterocycles. The van der Waals surface area contributed by atoms with E-state index in [-0.39, 0.29) is 5.41 Å². The highest BCUT2D eigenvalue weighted by atomic mass is 15.0. The predicted molar refractivity (Wildman–Crippen MR) is 274 cm³/mol. The number of rotatable bonds is 8. The maximum Gasteiger partial charge on any atom is 0.164 e. The number of hydrogen-bond donors (Lipinski definition) is 0. The Hall–Kier alpha value is -8.48. The fourth-order valence-corrected chi connectivity index (χ4v) is 9.27. The Labute approximate surface area is 390 Å². The van der Waals surface area contributed by atoms with Crippen molar-refractivity contribution in [2.24, 2.45) is 5.41 Å². The number of benzene rings is 7. The molecule has 0 amide bonds. The molecule has 3 aliphatic rings. The van der Waals surface area contributed by atoms with Gasteiger partial charge in [-0.25, -0.2) is 29.9 Å². The molecule has 0 fully saturated rings. The normalized spacial score (nSPS) is 16.6. The van der Waals surface area contributed by atoms with E-state index in [0.29, 0.717) is 29.1 Å². The maximum absolute atomic E-state index is 5.06. The van der Waals surface area contributed by atoms with Gasteiger partial charge >= 0.3 is 0 Å². The number of nitrogens with zero attached hydrogens (tertiary/aromatic N) is 6. The second-order valence-electron chi connectivity index (χ2n) is 17.7. The molecule has 9 aromatic rings. The van der Waals surface area contributed by atoms with Crippen LogP contribution in [0.3, 0.4) is 0 Å². The summed E-state index contributed by atoms with van der Waals surface area (Å²) in [4.78, 5) is 30.1. The Kier molecular flexibility index (Phi) is 10.1. The van der Waals surface area contributed by atoms with Gasteiger partial charge < -0.3 is 0 Å². The molecule has 0 saturated carbocycles. The molecule has 67 heavy (non-hydrogen) atoms. The highest BCUT2D eigenvalue weighted by molar-refractivity contribution is 5.89. The van der Waals surface area contributed by atoms with Crippen molar-refractivity contribution in [3.05, 3.63) is 235 Å². The van der Waals surface area contributed by atoms with Gasteiger partial charge in [-0.15, -0.1) is 0 Å². The van der Waals surface area contributed by atoms with Crippen molar-refractivity contribution >= 4 is 38.3 Å². The second-order valence-corrected chi connectivity index (χ2v) is 17.7. The van der Waals surface area contributed by atoms with E-state index >= 15 is 0 Å². The lowest BCUT2D eigenvalue weighted by Crippen LogP contribution is -2.20. The lowest BCUT2D eigenvalue weighted by atomic mass is 9.70. The first-order valence-electron chi connectivity index (χ1n) is 23.0. The molecule has 0 N–H and O–H groups in total. The fraction of sp³-hybridized carbons (Fsp3) is 0.0820. The van der Waals surface area contributed by atoms with Crippen molar-refractivity contribution in [1.29, 1.82) is 0 Å². The van der Waals surface area contributed by atoms with Crippen molar-refractivity contribution in [2.75, 3.05) is 0 Å². The van der Waals surface area contributed by atoms with Gasteiger partial charge in [0, 0.05) is 33.2 Å². The van der Waals surface area contributed by atoms with Crippen LogP contribution in [0.15, 0.2) is 218 Å². The van der Waals surface area contributed by atoms with Crippen LogP contribution >= 0.6 is 0 Å². The lowest BCUT2D eigenvalue weighted by Gasteiger charge is -2.33. The summed E-state index contributed by atoms with van der Waals surface area (Å²) in [6, 6.07) is 56.9. The molecule has 0 radical (unpaired) electrons. The topological polar surface area (TPSA) is 77.3 Å². The standard InChI is InChI=1S/C61H44N6/c1-61-34-32-50(42-20-26-46(27-21-42)57-62-55(44-14-4-2-5-15-44)64-59(66-57)52-30-24-40-12-8-10-18-48(40)36-52)38-54(61)39-51(33-35-61)43-22-28-47(29-23-43)58-63-56(45-16-6-3-7-17-45)65-60(67-58)53-31-25-41-13-9-11-19-49(41)37-53/h2-6,8-16,18-34,36-39H,7,17,35H2,1H3. The third-order valence-corrected chi connectivity index (χ3v) is 13.2. The number of hydrogen-bond acceptors (Lipinski definition) is 6. The summed E-state index contributed by atoms with van der Waals surface area (Å²) >= 11 is 0. The van der Waals surface area contributed by atoms with E-state index in [1.165, 1.54) is 27.5 Å². The summed E-state index contributed by atoms with van der Waals surface area (Å²) < 4.78 is 0. The zero-order valence-electron chi connectivity index (χ0n) is 37.0. The van der Waals surface area contributed by atoms with Gasteiger partial charge in [0.05, 0.1) is 0 Å². The molecular formula is C61H44N6. The van der Waals surface area contributed by atoms with Gasteiger partial charge in [0.1, 0.15) is 0 Å². The molecule has 0 spiro atoms. The van der Waals surface area contributed by atoms with Gasteiger partial charge in [0.25, 0.3) is 0 Å². The molecule has 12 rings (SSSR count). The zero-order valence-corrected chi connectivity index (χ0v) is 37.0. The Bertz CT molecular complexity index is 3600. The second kappa shape index (κ2) is 16.8. The minimum Gasteiger partial charge on any atom is -0.209 e. The molecule has 318 valence electrons. The SMILES string of the molecule is CC12C=CC(c3ccc(-c4nc(-c5ccccc5)nc(-c5ccc6ccccc6c5)n4)cc3)=CC1=CC(c1ccc(-c3nc(C4=CC=CCC4)nc(-c4ccc5ccccc5c4)n3)cc1)=CC2. The van der Waals surface area contributed by atoms with Crippen LogP contribution in [0.1, 0.15) is 43.1 Å². The van der Waals surface area contributed by atoms with Crippen molar-refractivity contribution in [3.63, 3.8) is 0 Å². The Morgan fingerprint density at radius 3 is 1.43 bits per heavy atom. The van der Waals surface area contributed by atoms with E-state index in [4.69, 9.17) is 29.9 Å². The first-order valence-corrected chi connectivity index (χ1v) is 23.0. The first kappa shape index (κ1) is 40.1. The van der Waals surface area contributed by atoms with Crippen LogP contribution in [0.25, 0.3) is 95.2 Å². The average molecular weight is 861 g/mol. The minimum atomic E-state index is -0.0891. The lowest BCUT2D eigenvalue weighted by molar-refractivity contribution is 0.529.